The summed E-state index contributed by atoms with van der Waals surface area (Å²) in [6, 6.07) is 1.93. The average molecular weight is 194 g/mol. The van der Waals surface area contributed by atoms with Crippen molar-refractivity contribution in [3.05, 3.63) is 18.0 Å². The fourth-order valence-corrected chi connectivity index (χ4v) is 1.43. The van der Waals surface area contributed by atoms with Gasteiger partial charge in [0.25, 0.3) is 6.41 Å². The lowest BCUT2D eigenvalue weighted by Crippen LogP contribution is -2.18. The predicted octanol–water partition coefficient (Wildman–Crippen LogP) is 1.68. The highest BCUT2D eigenvalue weighted by molar-refractivity contribution is 5.59. The second-order valence-corrected chi connectivity index (χ2v) is 3.53. The minimum absolute atomic E-state index is 0.430. The van der Waals surface area contributed by atoms with Gasteiger partial charge in [0.2, 0.25) is 0 Å². The van der Waals surface area contributed by atoms with Gasteiger partial charge in [0.05, 0.1) is 11.9 Å². The smallest absolute Gasteiger partial charge is 0.279 e. The highest BCUT2D eigenvalue weighted by Gasteiger charge is 2.20. The lowest BCUT2D eigenvalue weighted by Gasteiger charge is -2.08. The maximum Gasteiger partial charge on any atom is 0.279 e. The van der Waals surface area contributed by atoms with E-state index in [1.54, 1.807) is 6.20 Å². The SMILES string of the molecule is CCC(C)c1cc2c(cn1)OC(O)N2. The number of aliphatic hydroxyl groups excluding tert-OH is 1. The Hall–Kier alpha value is -1.29. The molecule has 4 nitrogen and oxygen atoms in total. The molecule has 1 aliphatic rings. The minimum atomic E-state index is -0.931. The van der Waals surface area contributed by atoms with E-state index in [2.05, 4.69) is 24.1 Å². The quantitative estimate of drug-likeness (QED) is 0.752. The van der Waals surface area contributed by atoms with Crippen molar-refractivity contribution in [2.45, 2.75) is 32.6 Å². The van der Waals surface area contributed by atoms with Crippen LogP contribution in [0.4, 0.5) is 5.69 Å². The topological polar surface area (TPSA) is 54.4 Å². The lowest BCUT2D eigenvalue weighted by atomic mass is 10.0. The highest BCUT2D eigenvalue weighted by Crippen LogP contribution is 2.32. The molecule has 2 rings (SSSR count). The molecule has 2 unspecified atom stereocenters. The van der Waals surface area contributed by atoms with Gasteiger partial charge in [-0.05, 0) is 18.4 Å². The fraction of sp³-hybridized carbons (Fsp3) is 0.500. The normalized spacial score (nSPS) is 20.9. The van der Waals surface area contributed by atoms with E-state index in [-0.39, 0.29) is 0 Å². The number of nitrogens with zero attached hydrogens (tertiary/aromatic N) is 1. The van der Waals surface area contributed by atoms with E-state index < -0.39 is 6.41 Å². The molecule has 14 heavy (non-hydrogen) atoms. The Balaban J connectivity index is 2.28. The van der Waals surface area contributed by atoms with Crippen LogP contribution in [0.3, 0.4) is 0 Å². The highest BCUT2D eigenvalue weighted by atomic mass is 16.6. The van der Waals surface area contributed by atoms with Crippen LogP contribution in [0.1, 0.15) is 31.9 Å². The van der Waals surface area contributed by atoms with Gasteiger partial charge in [0.1, 0.15) is 0 Å². The Morgan fingerprint density at radius 2 is 2.50 bits per heavy atom. The number of pyridine rings is 1. The van der Waals surface area contributed by atoms with Gasteiger partial charge in [-0.3, -0.25) is 4.98 Å². The first-order chi connectivity index (χ1) is 6.70. The molecule has 0 fully saturated rings. The molecular weight excluding hydrogens is 180 g/mol. The zero-order valence-corrected chi connectivity index (χ0v) is 8.32. The summed E-state index contributed by atoms with van der Waals surface area (Å²) in [5.41, 5.74) is 1.85. The molecule has 76 valence electrons. The second-order valence-electron chi connectivity index (χ2n) is 3.53. The van der Waals surface area contributed by atoms with E-state index >= 15 is 0 Å². The van der Waals surface area contributed by atoms with Gasteiger partial charge >= 0.3 is 0 Å². The molecular formula is C10H14N2O2. The first kappa shape index (κ1) is 9.27. The molecule has 0 saturated carbocycles. The van der Waals surface area contributed by atoms with Crippen LogP contribution < -0.4 is 10.1 Å². The predicted molar refractivity (Wildman–Crippen MR) is 53.2 cm³/mol. The maximum atomic E-state index is 9.18. The van der Waals surface area contributed by atoms with Crippen LogP contribution in [0, 0.1) is 0 Å². The van der Waals surface area contributed by atoms with E-state index in [1.165, 1.54) is 0 Å². The van der Waals surface area contributed by atoms with Crippen LogP contribution >= 0.6 is 0 Å². The standard InChI is InChI=1S/C10H14N2O2/c1-3-6(2)7-4-8-9(5-11-7)14-10(13)12-8/h4-6,10,12-13H,3H2,1-2H3. The van der Waals surface area contributed by atoms with Crippen molar-refractivity contribution >= 4 is 5.69 Å². The molecule has 0 spiro atoms. The first-order valence-corrected chi connectivity index (χ1v) is 4.82. The zero-order valence-electron chi connectivity index (χ0n) is 8.32. The molecule has 0 bridgehead atoms. The lowest BCUT2D eigenvalue weighted by molar-refractivity contribution is 0.0209. The minimum Gasteiger partial charge on any atom is -0.443 e. The summed E-state index contributed by atoms with van der Waals surface area (Å²) in [6.45, 7) is 4.25. The van der Waals surface area contributed by atoms with Crippen molar-refractivity contribution in [2.75, 3.05) is 5.32 Å². The van der Waals surface area contributed by atoms with Crippen molar-refractivity contribution in [1.82, 2.24) is 4.98 Å². The molecule has 1 aliphatic heterocycles. The molecule has 0 saturated heterocycles. The Kier molecular flexibility index (Phi) is 2.29. The van der Waals surface area contributed by atoms with Gasteiger partial charge < -0.3 is 15.2 Å². The third-order valence-electron chi connectivity index (χ3n) is 2.52. The van der Waals surface area contributed by atoms with Crippen LogP contribution in [-0.2, 0) is 0 Å². The van der Waals surface area contributed by atoms with E-state index in [1.807, 2.05) is 6.07 Å². The monoisotopic (exact) mass is 194 g/mol. The van der Waals surface area contributed by atoms with Crippen molar-refractivity contribution in [1.29, 1.82) is 0 Å². The van der Waals surface area contributed by atoms with Gasteiger partial charge in [-0.2, -0.15) is 0 Å². The summed E-state index contributed by atoms with van der Waals surface area (Å²) < 4.78 is 5.06. The first-order valence-electron chi connectivity index (χ1n) is 4.82. The molecule has 2 atom stereocenters. The largest absolute Gasteiger partial charge is 0.443 e. The average Bonchev–Trinajstić information content (AvgIpc) is 2.55. The number of anilines is 1. The van der Waals surface area contributed by atoms with Crippen molar-refractivity contribution < 1.29 is 9.84 Å². The second kappa shape index (κ2) is 3.46. The van der Waals surface area contributed by atoms with Crippen LogP contribution in [0.5, 0.6) is 5.75 Å². The molecule has 1 aromatic rings. The van der Waals surface area contributed by atoms with Crippen LogP contribution in [0.25, 0.3) is 0 Å². The summed E-state index contributed by atoms with van der Waals surface area (Å²) >= 11 is 0. The fourth-order valence-electron chi connectivity index (χ4n) is 1.43. The third kappa shape index (κ3) is 1.53. The molecule has 0 aromatic carbocycles. The molecule has 2 heterocycles. The molecule has 0 radical (unpaired) electrons. The summed E-state index contributed by atoms with van der Waals surface area (Å²) in [6.07, 6.45) is 1.77. The summed E-state index contributed by atoms with van der Waals surface area (Å²) in [7, 11) is 0. The Labute approximate surface area is 82.9 Å². The summed E-state index contributed by atoms with van der Waals surface area (Å²) in [4.78, 5) is 4.28. The summed E-state index contributed by atoms with van der Waals surface area (Å²) in [5, 5.41) is 12.0. The van der Waals surface area contributed by atoms with Crippen LogP contribution in [-0.4, -0.2) is 16.5 Å². The Morgan fingerprint density at radius 3 is 3.21 bits per heavy atom. The van der Waals surface area contributed by atoms with E-state index in [0.29, 0.717) is 11.7 Å². The van der Waals surface area contributed by atoms with E-state index in [0.717, 1.165) is 17.8 Å². The van der Waals surface area contributed by atoms with E-state index in [4.69, 9.17) is 4.74 Å². The number of aromatic nitrogens is 1. The number of fused-ring (bicyclic) bond motifs is 1. The number of aliphatic hydroxyl groups is 1. The van der Waals surface area contributed by atoms with Gasteiger partial charge in [0, 0.05) is 5.69 Å². The third-order valence-corrected chi connectivity index (χ3v) is 2.52. The van der Waals surface area contributed by atoms with Crippen molar-refractivity contribution in [3.63, 3.8) is 0 Å². The van der Waals surface area contributed by atoms with Crippen LogP contribution in [0.15, 0.2) is 12.3 Å². The van der Waals surface area contributed by atoms with E-state index in [9.17, 15) is 5.11 Å². The molecule has 0 amide bonds. The number of rotatable bonds is 2. The molecule has 4 heteroatoms. The number of ether oxygens (including phenoxy) is 1. The van der Waals surface area contributed by atoms with Gasteiger partial charge in [-0.1, -0.05) is 13.8 Å². The van der Waals surface area contributed by atoms with Crippen LogP contribution in [0.2, 0.25) is 0 Å². The maximum absolute atomic E-state index is 9.18. The Morgan fingerprint density at radius 1 is 1.71 bits per heavy atom. The van der Waals surface area contributed by atoms with Gasteiger partial charge in [-0.15, -0.1) is 0 Å². The molecule has 0 aliphatic carbocycles. The molecule has 1 aromatic heterocycles. The zero-order chi connectivity index (χ0) is 10.1. The number of nitrogens with one attached hydrogen (secondary N) is 1. The van der Waals surface area contributed by atoms with Crippen molar-refractivity contribution in [2.24, 2.45) is 0 Å². The molecule has 2 N–H and O–H groups in total. The van der Waals surface area contributed by atoms with Gasteiger partial charge in [0.15, 0.2) is 5.75 Å². The Bertz CT molecular complexity index is 341. The summed E-state index contributed by atoms with van der Waals surface area (Å²) in [5.74, 6) is 1.05. The van der Waals surface area contributed by atoms with Crippen molar-refractivity contribution in [3.8, 4) is 5.75 Å². The number of hydrogen-bond acceptors (Lipinski definition) is 4. The number of hydrogen-bond donors (Lipinski definition) is 2. The van der Waals surface area contributed by atoms with Gasteiger partial charge in [-0.25, -0.2) is 0 Å².